The Bertz CT molecular complexity index is 846. The van der Waals surface area contributed by atoms with Gasteiger partial charge in [0, 0.05) is 26.2 Å². The second-order valence-corrected chi connectivity index (χ2v) is 8.17. The fourth-order valence-corrected chi connectivity index (χ4v) is 3.35. The van der Waals surface area contributed by atoms with Crippen molar-refractivity contribution < 1.29 is 17.9 Å². The quantitative estimate of drug-likeness (QED) is 0.718. The van der Waals surface area contributed by atoms with E-state index in [-0.39, 0.29) is 10.8 Å². The summed E-state index contributed by atoms with van der Waals surface area (Å²) >= 11 is 0. The maximum absolute atomic E-state index is 12.3. The van der Waals surface area contributed by atoms with Gasteiger partial charge in [-0.15, -0.1) is 0 Å². The van der Waals surface area contributed by atoms with Gasteiger partial charge in [-0.2, -0.15) is 0 Å². The van der Waals surface area contributed by atoms with Crippen molar-refractivity contribution in [3.63, 3.8) is 0 Å². The van der Waals surface area contributed by atoms with Gasteiger partial charge in [0.1, 0.15) is 5.75 Å². The summed E-state index contributed by atoms with van der Waals surface area (Å²) in [4.78, 5) is 12.4. The lowest BCUT2D eigenvalue weighted by Crippen LogP contribution is -2.26. The van der Waals surface area contributed by atoms with E-state index in [9.17, 15) is 13.2 Å². The molecule has 0 aliphatic rings. The van der Waals surface area contributed by atoms with Crippen LogP contribution in [-0.2, 0) is 16.4 Å². The number of amides is 1. The first-order chi connectivity index (χ1) is 12.3. The topological polar surface area (TPSA) is 75.7 Å². The van der Waals surface area contributed by atoms with E-state index < -0.39 is 10.0 Å². The predicted molar refractivity (Wildman–Crippen MR) is 101 cm³/mol. The summed E-state index contributed by atoms with van der Waals surface area (Å²) in [6.07, 6.45) is 1.62. The average Bonchev–Trinajstić information content (AvgIpc) is 2.65. The Hall–Kier alpha value is -2.38. The summed E-state index contributed by atoms with van der Waals surface area (Å²) in [5.41, 5.74) is 1.50. The molecule has 2 aromatic carbocycles. The molecule has 26 heavy (non-hydrogen) atoms. The number of sulfonamides is 1. The highest BCUT2D eigenvalue weighted by atomic mass is 32.2. The Kier molecular flexibility index (Phi) is 6.76. The minimum atomic E-state index is -3.56. The lowest BCUT2D eigenvalue weighted by atomic mass is 10.1. The van der Waals surface area contributed by atoms with Gasteiger partial charge in [0.2, 0.25) is 10.0 Å². The van der Waals surface area contributed by atoms with Crippen molar-refractivity contribution in [3.8, 4) is 5.75 Å². The number of nitrogens with zero attached hydrogens (tertiary/aromatic N) is 1. The minimum absolute atomic E-state index is 0.105. The molecular formula is C19H24N2O4S. The monoisotopic (exact) mass is 376 g/mol. The number of aryl methyl sites for hydroxylation is 1. The van der Waals surface area contributed by atoms with Crippen molar-refractivity contribution in [3.05, 3.63) is 59.7 Å². The molecule has 0 aromatic heterocycles. The van der Waals surface area contributed by atoms with E-state index in [2.05, 4.69) is 5.32 Å². The Morgan fingerprint density at radius 1 is 1.12 bits per heavy atom. The molecule has 1 N–H and O–H groups in total. The Balaban J connectivity index is 1.90. The van der Waals surface area contributed by atoms with E-state index in [1.165, 1.54) is 31.8 Å². The molecule has 0 bridgehead atoms. The number of rotatable bonds is 8. The lowest BCUT2D eigenvalue weighted by Gasteiger charge is -2.12. The molecule has 0 unspecified atom stereocenters. The van der Waals surface area contributed by atoms with Crippen LogP contribution in [0, 0.1) is 0 Å². The molecule has 0 aliphatic carbocycles. The Morgan fingerprint density at radius 2 is 1.81 bits per heavy atom. The number of hydrogen-bond acceptors (Lipinski definition) is 4. The summed E-state index contributed by atoms with van der Waals surface area (Å²) in [5, 5.41) is 2.83. The highest BCUT2D eigenvalue weighted by Gasteiger charge is 2.18. The van der Waals surface area contributed by atoms with E-state index >= 15 is 0 Å². The van der Waals surface area contributed by atoms with Crippen molar-refractivity contribution in [2.75, 3.05) is 27.7 Å². The van der Waals surface area contributed by atoms with Crippen molar-refractivity contribution in [1.29, 1.82) is 0 Å². The first-order valence-electron chi connectivity index (χ1n) is 8.28. The second-order valence-electron chi connectivity index (χ2n) is 6.02. The molecule has 0 atom stereocenters. The average molecular weight is 376 g/mol. The summed E-state index contributed by atoms with van der Waals surface area (Å²) in [7, 11) is 0.991. The van der Waals surface area contributed by atoms with E-state index in [0.717, 1.165) is 22.9 Å². The van der Waals surface area contributed by atoms with Gasteiger partial charge in [-0.3, -0.25) is 4.79 Å². The molecule has 0 radical (unpaired) electrons. The zero-order valence-corrected chi connectivity index (χ0v) is 16.0. The largest absolute Gasteiger partial charge is 0.497 e. The van der Waals surface area contributed by atoms with Gasteiger partial charge in [0.05, 0.1) is 12.0 Å². The molecule has 0 aliphatic heterocycles. The van der Waals surface area contributed by atoms with Crippen LogP contribution in [-0.4, -0.2) is 46.4 Å². The number of hydrogen-bond donors (Lipinski definition) is 1. The molecule has 0 fully saturated rings. The zero-order chi connectivity index (χ0) is 19.2. The van der Waals surface area contributed by atoms with Crippen LogP contribution in [0.2, 0.25) is 0 Å². The van der Waals surface area contributed by atoms with Crippen molar-refractivity contribution in [2.24, 2.45) is 0 Å². The van der Waals surface area contributed by atoms with Crippen LogP contribution in [0.3, 0.4) is 0 Å². The summed E-state index contributed by atoms with van der Waals surface area (Å²) in [6, 6.07) is 13.9. The fraction of sp³-hybridized carbons (Fsp3) is 0.316. The minimum Gasteiger partial charge on any atom is -0.497 e. The molecule has 1 amide bonds. The second kappa shape index (κ2) is 8.82. The molecule has 0 saturated heterocycles. The van der Waals surface area contributed by atoms with E-state index in [4.69, 9.17) is 4.74 Å². The third-order valence-corrected chi connectivity index (χ3v) is 5.77. The van der Waals surface area contributed by atoms with Crippen LogP contribution < -0.4 is 10.1 Å². The number of carbonyl (C=O) groups excluding carboxylic acids is 1. The predicted octanol–water partition coefficient (Wildman–Crippen LogP) is 2.31. The van der Waals surface area contributed by atoms with Gasteiger partial charge < -0.3 is 10.1 Å². The standard InChI is InChI=1S/C19H24N2O4S/c1-21(2)26(23,24)18-8-4-7-16(14-18)19(22)20-13-5-6-15-9-11-17(25-3)12-10-15/h4,7-12,14H,5-6,13H2,1-3H3,(H,20,22). The molecule has 7 heteroatoms. The van der Waals surface area contributed by atoms with Crippen molar-refractivity contribution in [1.82, 2.24) is 9.62 Å². The van der Waals surface area contributed by atoms with Crippen LogP contribution in [0.5, 0.6) is 5.75 Å². The number of methoxy groups -OCH3 is 1. The third kappa shape index (κ3) is 5.06. The van der Waals surface area contributed by atoms with Crippen LogP contribution in [0.25, 0.3) is 0 Å². The van der Waals surface area contributed by atoms with E-state index in [1.807, 2.05) is 24.3 Å². The van der Waals surface area contributed by atoms with Gasteiger partial charge in [-0.05, 0) is 48.7 Å². The highest BCUT2D eigenvalue weighted by molar-refractivity contribution is 7.89. The SMILES string of the molecule is COc1ccc(CCCNC(=O)c2cccc(S(=O)(=O)N(C)C)c2)cc1. The summed E-state index contributed by atoms with van der Waals surface area (Å²) < 4.78 is 30.6. The first kappa shape index (κ1) is 19.9. The van der Waals surface area contributed by atoms with Crippen LogP contribution in [0.15, 0.2) is 53.4 Å². The van der Waals surface area contributed by atoms with Gasteiger partial charge in [0.25, 0.3) is 5.91 Å². The summed E-state index contributed by atoms with van der Waals surface area (Å²) in [6.45, 7) is 0.509. The maximum atomic E-state index is 12.3. The highest BCUT2D eigenvalue weighted by Crippen LogP contribution is 2.15. The van der Waals surface area contributed by atoms with Crippen LogP contribution in [0.1, 0.15) is 22.3 Å². The number of nitrogens with one attached hydrogen (secondary N) is 1. The smallest absolute Gasteiger partial charge is 0.251 e. The molecular weight excluding hydrogens is 352 g/mol. The van der Waals surface area contributed by atoms with Gasteiger partial charge >= 0.3 is 0 Å². The van der Waals surface area contributed by atoms with Gasteiger partial charge in [-0.1, -0.05) is 18.2 Å². The van der Waals surface area contributed by atoms with Crippen LogP contribution in [0.4, 0.5) is 0 Å². The third-order valence-electron chi connectivity index (χ3n) is 3.96. The zero-order valence-electron chi connectivity index (χ0n) is 15.2. The number of ether oxygens (including phenoxy) is 1. The maximum Gasteiger partial charge on any atom is 0.251 e. The molecule has 0 saturated carbocycles. The van der Waals surface area contributed by atoms with E-state index in [1.54, 1.807) is 19.2 Å². The lowest BCUT2D eigenvalue weighted by molar-refractivity contribution is 0.0953. The van der Waals surface area contributed by atoms with Crippen LogP contribution >= 0.6 is 0 Å². The molecule has 2 aromatic rings. The molecule has 2 rings (SSSR count). The summed E-state index contributed by atoms with van der Waals surface area (Å²) in [5.74, 6) is 0.533. The first-order valence-corrected chi connectivity index (χ1v) is 9.72. The van der Waals surface area contributed by atoms with Crippen molar-refractivity contribution >= 4 is 15.9 Å². The molecule has 140 valence electrons. The molecule has 0 spiro atoms. The van der Waals surface area contributed by atoms with Gasteiger partial charge in [0.15, 0.2) is 0 Å². The number of carbonyl (C=O) groups is 1. The fourth-order valence-electron chi connectivity index (χ4n) is 2.40. The Labute approximate surface area is 154 Å². The normalized spacial score (nSPS) is 11.4. The van der Waals surface area contributed by atoms with E-state index in [0.29, 0.717) is 12.1 Å². The molecule has 6 nitrogen and oxygen atoms in total. The number of benzene rings is 2. The molecule has 0 heterocycles. The van der Waals surface area contributed by atoms with Crippen molar-refractivity contribution in [2.45, 2.75) is 17.7 Å². The Morgan fingerprint density at radius 3 is 2.42 bits per heavy atom. The van der Waals surface area contributed by atoms with Gasteiger partial charge in [-0.25, -0.2) is 12.7 Å².